The average Bonchev–Trinajstić information content (AvgIpc) is 2.93. The lowest BCUT2D eigenvalue weighted by Crippen LogP contribution is -2.38. The number of aromatic amines is 1. The molecule has 0 atom stereocenters. The highest BCUT2D eigenvalue weighted by Gasteiger charge is 2.21. The third-order valence-electron chi connectivity index (χ3n) is 5.10. The lowest BCUT2D eigenvalue weighted by Gasteiger charge is -2.21. The maximum Gasteiger partial charge on any atom is 0.330 e. The van der Waals surface area contributed by atoms with Crippen molar-refractivity contribution in [2.45, 2.75) is 46.7 Å². The number of ether oxygens (including phenoxy) is 1. The SMILES string of the molecule is CCCCn1c(N)c(N(C)CC(=O)c2cc(C)n(CCOC)c2C)c(=O)[nH]c1=O. The van der Waals surface area contributed by atoms with Crippen molar-refractivity contribution in [1.29, 1.82) is 0 Å². The maximum atomic E-state index is 12.9. The molecule has 0 saturated carbocycles. The summed E-state index contributed by atoms with van der Waals surface area (Å²) in [6, 6.07) is 1.84. The third-order valence-corrected chi connectivity index (χ3v) is 5.10. The second-order valence-corrected chi connectivity index (χ2v) is 7.21. The minimum atomic E-state index is -0.596. The van der Waals surface area contributed by atoms with E-state index >= 15 is 0 Å². The number of unbranched alkanes of at least 4 members (excludes halogenated alkanes) is 1. The Morgan fingerprint density at radius 2 is 1.93 bits per heavy atom. The zero-order valence-corrected chi connectivity index (χ0v) is 17.9. The Labute approximate surface area is 170 Å². The number of carbonyl (C=O) groups excluding carboxylic acids is 1. The number of aryl methyl sites for hydroxylation is 1. The number of nitrogens with zero attached hydrogens (tertiary/aromatic N) is 3. The molecule has 0 unspecified atom stereocenters. The number of Topliss-reactive ketones (excluding diaryl/α,β-unsaturated/α-hetero) is 1. The number of likely N-dealkylation sites (N-methyl/N-ethyl adjacent to an activating group) is 1. The number of methoxy groups -OCH3 is 1. The van der Waals surface area contributed by atoms with Crippen molar-refractivity contribution >= 4 is 17.3 Å². The number of hydrogen-bond acceptors (Lipinski definition) is 6. The van der Waals surface area contributed by atoms with Gasteiger partial charge in [-0.2, -0.15) is 0 Å². The summed E-state index contributed by atoms with van der Waals surface area (Å²) < 4.78 is 8.50. The molecule has 0 spiro atoms. The first-order valence-electron chi connectivity index (χ1n) is 9.75. The van der Waals surface area contributed by atoms with Crippen LogP contribution in [0.5, 0.6) is 0 Å². The van der Waals surface area contributed by atoms with Crippen LogP contribution in [0.2, 0.25) is 0 Å². The van der Waals surface area contributed by atoms with E-state index in [2.05, 4.69) is 4.98 Å². The van der Waals surface area contributed by atoms with Gasteiger partial charge in [0.1, 0.15) is 11.5 Å². The van der Waals surface area contributed by atoms with Gasteiger partial charge in [0.25, 0.3) is 5.56 Å². The number of hydrogen-bond donors (Lipinski definition) is 2. The number of anilines is 2. The van der Waals surface area contributed by atoms with Crippen LogP contribution in [0.25, 0.3) is 0 Å². The van der Waals surface area contributed by atoms with Crippen LogP contribution in [0.4, 0.5) is 11.5 Å². The molecule has 3 N–H and O–H groups in total. The fraction of sp³-hybridized carbons (Fsp3) is 0.550. The molecule has 2 aromatic heterocycles. The number of carbonyl (C=O) groups is 1. The number of nitrogens with one attached hydrogen (secondary N) is 1. The molecule has 0 aliphatic heterocycles. The van der Waals surface area contributed by atoms with Crippen LogP contribution in [0.15, 0.2) is 15.7 Å². The molecule has 0 saturated heterocycles. The maximum absolute atomic E-state index is 12.9. The van der Waals surface area contributed by atoms with E-state index < -0.39 is 11.2 Å². The van der Waals surface area contributed by atoms with Crippen molar-refractivity contribution in [1.82, 2.24) is 14.1 Å². The zero-order chi connectivity index (χ0) is 21.7. The molecule has 9 nitrogen and oxygen atoms in total. The van der Waals surface area contributed by atoms with Crippen LogP contribution in [0.1, 0.15) is 41.5 Å². The number of aromatic nitrogens is 3. The van der Waals surface area contributed by atoms with Gasteiger partial charge >= 0.3 is 5.69 Å². The molecule has 2 heterocycles. The van der Waals surface area contributed by atoms with Crippen LogP contribution in [0.3, 0.4) is 0 Å². The molecule has 0 fully saturated rings. The van der Waals surface area contributed by atoms with E-state index in [0.29, 0.717) is 25.3 Å². The number of nitrogens with two attached hydrogens (primary N) is 1. The Balaban J connectivity index is 2.31. The van der Waals surface area contributed by atoms with Crippen molar-refractivity contribution in [2.24, 2.45) is 0 Å². The Morgan fingerprint density at radius 3 is 2.55 bits per heavy atom. The van der Waals surface area contributed by atoms with Crippen LogP contribution >= 0.6 is 0 Å². The van der Waals surface area contributed by atoms with Gasteiger partial charge in [0.15, 0.2) is 5.78 Å². The highest BCUT2D eigenvalue weighted by molar-refractivity contribution is 6.00. The second kappa shape index (κ2) is 9.60. The molecule has 0 aliphatic carbocycles. The first-order chi connectivity index (χ1) is 13.7. The largest absolute Gasteiger partial charge is 0.383 e. The topological polar surface area (TPSA) is 115 Å². The summed E-state index contributed by atoms with van der Waals surface area (Å²) in [6.45, 7) is 7.42. The normalized spacial score (nSPS) is 11.1. The molecule has 0 bridgehead atoms. The molecular weight excluding hydrogens is 374 g/mol. The van der Waals surface area contributed by atoms with Gasteiger partial charge in [-0.05, 0) is 26.3 Å². The summed E-state index contributed by atoms with van der Waals surface area (Å²) >= 11 is 0. The Kier molecular flexibility index (Phi) is 7.44. The number of rotatable bonds is 10. The van der Waals surface area contributed by atoms with E-state index in [1.807, 2.05) is 31.4 Å². The van der Waals surface area contributed by atoms with Crippen LogP contribution in [0, 0.1) is 13.8 Å². The number of ketones is 1. The molecular formula is C20H31N5O4. The molecule has 2 aromatic rings. The fourth-order valence-electron chi connectivity index (χ4n) is 3.47. The highest BCUT2D eigenvalue weighted by atomic mass is 16.5. The second-order valence-electron chi connectivity index (χ2n) is 7.21. The van der Waals surface area contributed by atoms with Gasteiger partial charge in [-0.3, -0.25) is 19.1 Å². The average molecular weight is 405 g/mol. The Hall–Kier alpha value is -2.81. The van der Waals surface area contributed by atoms with Gasteiger partial charge in [0, 0.05) is 44.2 Å². The van der Waals surface area contributed by atoms with Gasteiger partial charge in [-0.1, -0.05) is 13.3 Å². The van der Waals surface area contributed by atoms with E-state index in [0.717, 1.165) is 24.2 Å². The van der Waals surface area contributed by atoms with E-state index in [1.165, 1.54) is 9.47 Å². The molecule has 0 amide bonds. The third kappa shape index (κ3) is 4.79. The molecule has 0 radical (unpaired) electrons. The predicted octanol–water partition coefficient (Wildman–Crippen LogP) is 1.30. The summed E-state index contributed by atoms with van der Waals surface area (Å²) in [6.07, 6.45) is 1.64. The van der Waals surface area contributed by atoms with E-state index in [-0.39, 0.29) is 23.8 Å². The first kappa shape index (κ1) is 22.5. The smallest absolute Gasteiger partial charge is 0.330 e. The molecule has 0 aliphatic rings. The standard InChI is InChI=1S/C20H31N5O4/c1-6-7-8-25-18(21)17(19(27)22-20(25)28)23(4)12-16(26)15-11-13(2)24(14(15)3)9-10-29-5/h11H,6-10,12,21H2,1-5H3,(H,22,27,28). The van der Waals surface area contributed by atoms with Gasteiger partial charge in [0.2, 0.25) is 0 Å². The molecule has 2 rings (SSSR count). The van der Waals surface area contributed by atoms with Gasteiger partial charge < -0.3 is 19.9 Å². The summed E-state index contributed by atoms with van der Waals surface area (Å²) in [7, 11) is 3.26. The lowest BCUT2D eigenvalue weighted by molar-refractivity contribution is 0.0999. The summed E-state index contributed by atoms with van der Waals surface area (Å²) in [5.41, 5.74) is 7.54. The summed E-state index contributed by atoms with van der Waals surface area (Å²) in [5, 5.41) is 0. The van der Waals surface area contributed by atoms with Crippen molar-refractivity contribution < 1.29 is 9.53 Å². The van der Waals surface area contributed by atoms with Crippen LogP contribution in [-0.4, -0.2) is 47.2 Å². The Morgan fingerprint density at radius 1 is 1.24 bits per heavy atom. The lowest BCUT2D eigenvalue weighted by atomic mass is 10.1. The minimum Gasteiger partial charge on any atom is -0.383 e. The minimum absolute atomic E-state index is 0.0339. The monoisotopic (exact) mass is 405 g/mol. The van der Waals surface area contributed by atoms with Gasteiger partial charge in [-0.15, -0.1) is 0 Å². The van der Waals surface area contributed by atoms with Crippen LogP contribution in [-0.2, 0) is 17.8 Å². The zero-order valence-electron chi connectivity index (χ0n) is 17.9. The van der Waals surface area contributed by atoms with Gasteiger partial charge in [0.05, 0.1) is 13.2 Å². The predicted molar refractivity (Wildman–Crippen MR) is 114 cm³/mol. The molecule has 29 heavy (non-hydrogen) atoms. The van der Waals surface area contributed by atoms with E-state index in [1.54, 1.807) is 14.2 Å². The first-order valence-corrected chi connectivity index (χ1v) is 9.75. The van der Waals surface area contributed by atoms with Crippen molar-refractivity contribution in [3.63, 3.8) is 0 Å². The van der Waals surface area contributed by atoms with Crippen molar-refractivity contribution in [3.05, 3.63) is 43.9 Å². The quantitative estimate of drug-likeness (QED) is 0.576. The molecule has 0 aromatic carbocycles. The van der Waals surface area contributed by atoms with Crippen molar-refractivity contribution in [2.75, 3.05) is 37.9 Å². The van der Waals surface area contributed by atoms with E-state index in [4.69, 9.17) is 10.5 Å². The molecule has 9 heteroatoms. The van der Waals surface area contributed by atoms with Crippen LogP contribution < -0.4 is 21.9 Å². The highest BCUT2D eigenvalue weighted by Crippen LogP contribution is 2.19. The van der Waals surface area contributed by atoms with Crippen molar-refractivity contribution in [3.8, 4) is 0 Å². The van der Waals surface area contributed by atoms with Gasteiger partial charge in [-0.25, -0.2) is 4.79 Å². The fourth-order valence-corrected chi connectivity index (χ4v) is 3.47. The molecule has 160 valence electrons. The number of H-pyrrole nitrogens is 1. The summed E-state index contributed by atoms with van der Waals surface area (Å²) in [4.78, 5) is 41.2. The Bertz CT molecular complexity index is 986. The van der Waals surface area contributed by atoms with E-state index in [9.17, 15) is 14.4 Å². The number of nitrogen functional groups attached to an aromatic ring is 1. The summed E-state index contributed by atoms with van der Waals surface area (Å²) in [5.74, 6) is -0.0533.